The maximum Gasteiger partial charge on any atom is 0.243 e. The molecule has 1 aromatic heterocycles. The molecule has 2 aromatic carbocycles. The minimum atomic E-state index is -3.60. The maximum atomic E-state index is 13.5. The fraction of sp³-hybridized carbons (Fsp3) is 0.480. The van der Waals surface area contributed by atoms with E-state index < -0.39 is 10.0 Å². The first-order chi connectivity index (χ1) is 16.3. The van der Waals surface area contributed by atoms with Crippen molar-refractivity contribution in [2.45, 2.75) is 38.1 Å². The molecule has 7 nitrogen and oxygen atoms in total. The molecule has 0 amide bonds. The van der Waals surface area contributed by atoms with E-state index in [1.165, 1.54) is 12.1 Å². The number of aromatic nitrogens is 2. The van der Waals surface area contributed by atoms with Gasteiger partial charge in [-0.2, -0.15) is 9.40 Å². The number of likely N-dealkylation sites (N-methyl/N-ethyl adjacent to an activating group) is 1. The van der Waals surface area contributed by atoms with E-state index in [0.29, 0.717) is 24.5 Å². The quantitative estimate of drug-likeness (QED) is 0.460. The second-order valence-electron chi connectivity index (χ2n) is 8.98. The number of hydrogen-bond acceptors (Lipinski definition) is 5. The van der Waals surface area contributed by atoms with Crippen molar-refractivity contribution in [3.8, 4) is 0 Å². The highest BCUT2D eigenvalue weighted by Gasteiger charge is 2.26. The SMILES string of the molecule is CCCN(CCC)S(=O)(=O)c1ccc2c(c1)c(N1CCN(C)CC1)nn2Cc1ccc(F)cc1. The number of fused-ring (bicyclic) bond motifs is 1. The number of piperazine rings is 1. The Bertz CT molecular complexity index is 1210. The van der Waals surface area contributed by atoms with Crippen LogP contribution in [0.3, 0.4) is 0 Å². The van der Waals surface area contributed by atoms with E-state index in [4.69, 9.17) is 5.10 Å². The van der Waals surface area contributed by atoms with Gasteiger partial charge in [0.1, 0.15) is 5.82 Å². The summed E-state index contributed by atoms with van der Waals surface area (Å²) in [6.07, 6.45) is 1.53. The molecular weight excluding hydrogens is 453 g/mol. The normalized spacial score (nSPS) is 15.5. The first-order valence-corrected chi connectivity index (χ1v) is 13.5. The predicted octanol–water partition coefficient (Wildman–Crippen LogP) is 3.79. The van der Waals surface area contributed by atoms with Crippen molar-refractivity contribution in [2.75, 3.05) is 51.2 Å². The number of anilines is 1. The summed E-state index contributed by atoms with van der Waals surface area (Å²) in [4.78, 5) is 4.81. The zero-order valence-corrected chi connectivity index (χ0v) is 21.1. The summed E-state index contributed by atoms with van der Waals surface area (Å²) in [5.41, 5.74) is 1.80. The number of nitrogens with zero attached hydrogens (tertiary/aromatic N) is 5. The van der Waals surface area contributed by atoms with Crippen molar-refractivity contribution in [2.24, 2.45) is 0 Å². The van der Waals surface area contributed by atoms with Crippen LogP contribution in [-0.2, 0) is 16.6 Å². The summed E-state index contributed by atoms with van der Waals surface area (Å²) in [7, 11) is -1.50. The molecule has 4 rings (SSSR count). The van der Waals surface area contributed by atoms with Crippen LogP contribution in [0.15, 0.2) is 47.4 Å². The Morgan fingerprint density at radius 2 is 1.62 bits per heavy atom. The van der Waals surface area contributed by atoms with Crippen LogP contribution in [0.1, 0.15) is 32.3 Å². The maximum absolute atomic E-state index is 13.5. The van der Waals surface area contributed by atoms with E-state index in [2.05, 4.69) is 16.8 Å². The highest BCUT2D eigenvalue weighted by Crippen LogP contribution is 2.31. The molecule has 0 N–H and O–H groups in total. The van der Waals surface area contributed by atoms with Crippen LogP contribution in [0.25, 0.3) is 10.9 Å². The van der Waals surface area contributed by atoms with Gasteiger partial charge in [0.05, 0.1) is 17.0 Å². The zero-order valence-electron chi connectivity index (χ0n) is 20.2. The van der Waals surface area contributed by atoms with Crippen LogP contribution >= 0.6 is 0 Å². The van der Waals surface area contributed by atoms with Crippen molar-refractivity contribution >= 4 is 26.7 Å². The molecule has 0 atom stereocenters. The Kier molecular flexibility index (Phi) is 7.54. The molecule has 1 aliphatic rings. The van der Waals surface area contributed by atoms with Crippen LogP contribution in [-0.4, -0.2) is 73.7 Å². The van der Waals surface area contributed by atoms with E-state index in [-0.39, 0.29) is 5.82 Å². The number of benzene rings is 2. The van der Waals surface area contributed by atoms with E-state index >= 15 is 0 Å². The monoisotopic (exact) mass is 487 g/mol. The Labute approximate surface area is 201 Å². The van der Waals surface area contributed by atoms with Crippen LogP contribution in [0, 0.1) is 5.82 Å². The molecule has 9 heteroatoms. The van der Waals surface area contributed by atoms with E-state index in [9.17, 15) is 12.8 Å². The topological polar surface area (TPSA) is 61.7 Å². The van der Waals surface area contributed by atoms with Crippen LogP contribution in [0.2, 0.25) is 0 Å². The third-order valence-electron chi connectivity index (χ3n) is 6.33. The molecule has 0 aliphatic carbocycles. The number of rotatable bonds is 9. The van der Waals surface area contributed by atoms with E-state index in [0.717, 1.165) is 61.3 Å². The molecular formula is C25H34FN5O2S. The standard InChI is InChI=1S/C25H34FN5O2S/c1-4-12-30(13-5-2)34(32,33)22-10-11-24-23(18-22)25(29-16-14-28(3)15-17-29)27-31(24)19-20-6-8-21(26)9-7-20/h6-11,18H,4-5,12-17,19H2,1-3H3. The second-order valence-corrected chi connectivity index (χ2v) is 10.9. The summed E-state index contributed by atoms with van der Waals surface area (Å²) in [6.45, 7) is 8.97. The zero-order chi connectivity index (χ0) is 24.3. The minimum absolute atomic E-state index is 0.272. The fourth-order valence-corrected chi connectivity index (χ4v) is 6.09. The molecule has 0 spiro atoms. The van der Waals surface area contributed by atoms with Gasteiger partial charge in [-0.1, -0.05) is 26.0 Å². The summed E-state index contributed by atoms with van der Waals surface area (Å²) in [5.74, 6) is 0.533. The molecule has 1 aliphatic heterocycles. The third-order valence-corrected chi connectivity index (χ3v) is 8.23. The molecule has 184 valence electrons. The molecule has 34 heavy (non-hydrogen) atoms. The van der Waals surface area contributed by atoms with Crippen molar-refractivity contribution in [1.29, 1.82) is 0 Å². The molecule has 0 radical (unpaired) electrons. The molecule has 1 fully saturated rings. The Morgan fingerprint density at radius 3 is 2.24 bits per heavy atom. The van der Waals surface area contributed by atoms with Crippen molar-refractivity contribution in [3.63, 3.8) is 0 Å². The van der Waals surface area contributed by atoms with Crippen LogP contribution in [0.4, 0.5) is 10.2 Å². The number of hydrogen-bond donors (Lipinski definition) is 0. The van der Waals surface area contributed by atoms with Crippen LogP contribution in [0.5, 0.6) is 0 Å². The first-order valence-electron chi connectivity index (χ1n) is 12.0. The molecule has 0 unspecified atom stereocenters. The second kappa shape index (κ2) is 10.4. The molecule has 0 saturated carbocycles. The first kappa shape index (κ1) is 24.6. The molecule has 1 saturated heterocycles. The van der Waals surface area contributed by atoms with Gasteiger partial charge in [-0.15, -0.1) is 0 Å². The van der Waals surface area contributed by atoms with Gasteiger partial charge < -0.3 is 9.80 Å². The average Bonchev–Trinajstić information content (AvgIpc) is 3.18. The number of halogens is 1. The predicted molar refractivity (Wildman–Crippen MR) is 134 cm³/mol. The third kappa shape index (κ3) is 5.11. The summed E-state index contributed by atoms with van der Waals surface area (Å²) in [6, 6.07) is 11.7. The Balaban J connectivity index is 1.78. The van der Waals surface area contributed by atoms with E-state index in [1.54, 1.807) is 28.6 Å². The molecule has 2 heterocycles. The van der Waals surface area contributed by atoms with Crippen molar-refractivity contribution in [1.82, 2.24) is 19.0 Å². The summed E-state index contributed by atoms with van der Waals surface area (Å²) >= 11 is 0. The van der Waals surface area contributed by atoms with Gasteiger partial charge in [0, 0.05) is 44.7 Å². The number of sulfonamides is 1. The van der Waals surface area contributed by atoms with Gasteiger partial charge in [-0.25, -0.2) is 12.8 Å². The smallest absolute Gasteiger partial charge is 0.243 e. The lowest BCUT2D eigenvalue weighted by Gasteiger charge is -2.32. The van der Waals surface area contributed by atoms with Gasteiger partial charge in [-0.3, -0.25) is 4.68 Å². The van der Waals surface area contributed by atoms with Crippen molar-refractivity contribution < 1.29 is 12.8 Å². The lowest BCUT2D eigenvalue weighted by Crippen LogP contribution is -2.44. The van der Waals surface area contributed by atoms with Gasteiger partial charge >= 0.3 is 0 Å². The average molecular weight is 488 g/mol. The minimum Gasteiger partial charge on any atom is -0.352 e. The highest BCUT2D eigenvalue weighted by molar-refractivity contribution is 7.89. The summed E-state index contributed by atoms with van der Waals surface area (Å²) < 4.78 is 43.8. The van der Waals surface area contributed by atoms with Gasteiger partial charge in [0.15, 0.2) is 5.82 Å². The lowest BCUT2D eigenvalue weighted by molar-refractivity contribution is 0.312. The Morgan fingerprint density at radius 1 is 0.971 bits per heavy atom. The van der Waals surface area contributed by atoms with Crippen LogP contribution < -0.4 is 4.90 Å². The fourth-order valence-electron chi connectivity index (χ4n) is 4.44. The van der Waals surface area contributed by atoms with E-state index in [1.807, 2.05) is 24.6 Å². The Hall–Kier alpha value is -2.49. The van der Waals surface area contributed by atoms with Gasteiger partial charge in [-0.05, 0) is 55.8 Å². The van der Waals surface area contributed by atoms with Crippen molar-refractivity contribution in [3.05, 3.63) is 53.8 Å². The molecule has 3 aromatic rings. The van der Waals surface area contributed by atoms with Gasteiger partial charge in [0.25, 0.3) is 0 Å². The van der Waals surface area contributed by atoms with Gasteiger partial charge in [0.2, 0.25) is 10.0 Å². The lowest BCUT2D eigenvalue weighted by atomic mass is 10.2. The summed E-state index contributed by atoms with van der Waals surface area (Å²) in [5, 5.41) is 5.75. The largest absolute Gasteiger partial charge is 0.352 e. The molecule has 0 bridgehead atoms. The highest BCUT2D eigenvalue weighted by atomic mass is 32.2.